The smallest absolute Gasteiger partial charge is 0.234 e. The molecule has 106 valence electrons. The van der Waals surface area contributed by atoms with Crippen molar-refractivity contribution in [2.24, 2.45) is 5.73 Å². The minimum absolute atomic E-state index is 0.0290. The van der Waals surface area contributed by atoms with Crippen LogP contribution >= 0.6 is 0 Å². The average Bonchev–Trinajstić information content (AvgIpc) is 3.01. The number of hydrogen-bond donors (Lipinski definition) is 2. The third kappa shape index (κ3) is 2.90. The first-order valence-electron chi connectivity index (χ1n) is 6.63. The van der Waals surface area contributed by atoms with Gasteiger partial charge >= 0.3 is 0 Å². The van der Waals surface area contributed by atoms with Crippen LogP contribution in [0.4, 0.5) is 0 Å². The number of nitrogens with two attached hydrogens (primary N) is 1. The maximum absolute atomic E-state index is 11.1. The lowest BCUT2D eigenvalue weighted by Crippen LogP contribution is -2.29. The number of carbonyl (C=O) groups is 1. The molecule has 6 heteroatoms. The van der Waals surface area contributed by atoms with Crippen molar-refractivity contribution in [3.63, 3.8) is 0 Å². The van der Waals surface area contributed by atoms with E-state index in [9.17, 15) is 4.79 Å². The first kappa shape index (κ1) is 13.3. The molecule has 6 nitrogen and oxygen atoms in total. The summed E-state index contributed by atoms with van der Waals surface area (Å²) in [5.74, 6) is -0.213. The molecule has 0 atom stereocenters. The molecule has 2 aromatic carbocycles. The van der Waals surface area contributed by atoms with Crippen LogP contribution in [0, 0.1) is 0 Å². The highest BCUT2D eigenvalue weighted by Gasteiger charge is 2.05. The van der Waals surface area contributed by atoms with Gasteiger partial charge in [-0.1, -0.05) is 35.5 Å². The van der Waals surface area contributed by atoms with Gasteiger partial charge in [0.1, 0.15) is 5.69 Å². The quantitative estimate of drug-likeness (QED) is 0.747. The molecule has 0 aliphatic carbocycles. The maximum atomic E-state index is 11.1. The molecular formula is C15H15N5O. The van der Waals surface area contributed by atoms with E-state index in [2.05, 4.69) is 27.8 Å². The van der Waals surface area contributed by atoms with Gasteiger partial charge in [0.2, 0.25) is 5.91 Å². The Hall–Kier alpha value is -2.73. The number of rotatable bonds is 4. The van der Waals surface area contributed by atoms with Crippen molar-refractivity contribution in [1.29, 1.82) is 0 Å². The number of fused-ring (bicyclic) bond motifs is 1. The first-order chi connectivity index (χ1) is 10.3. The van der Waals surface area contributed by atoms with Crippen LogP contribution in [-0.2, 0) is 11.3 Å². The zero-order chi connectivity index (χ0) is 14.7. The molecule has 0 aliphatic rings. The van der Waals surface area contributed by atoms with Crippen LogP contribution in [0.15, 0.2) is 48.7 Å². The fraction of sp³-hybridized carbons (Fsp3) is 0.133. The Morgan fingerprint density at radius 2 is 2.00 bits per heavy atom. The number of amides is 1. The Morgan fingerprint density at radius 3 is 2.81 bits per heavy atom. The zero-order valence-corrected chi connectivity index (χ0v) is 11.4. The van der Waals surface area contributed by atoms with Crippen LogP contribution in [0.25, 0.3) is 16.5 Å². The van der Waals surface area contributed by atoms with E-state index in [4.69, 9.17) is 5.73 Å². The molecule has 0 saturated heterocycles. The molecule has 0 radical (unpaired) electrons. The number of nitrogens with one attached hydrogen (secondary N) is 1. The lowest BCUT2D eigenvalue weighted by Gasteiger charge is -2.02. The summed E-state index contributed by atoms with van der Waals surface area (Å²) < 4.78 is 1.69. The molecule has 0 aliphatic heterocycles. The van der Waals surface area contributed by atoms with Crippen molar-refractivity contribution in [3.05, 3.63) is 54.4 Å². The number of carbonyl (C=O) groups excluding carboxylic acids is 1. The number of aromatic nitrogens is 3. The first-order valence-corrected chi connectivity index (χ1v) is 6.63. The van der Waals surface area contributed by atoms with Gasteiger partial charge in [-0.05, 0) is 22.9 Å². The summed E-state index contributed by atoms with van der Waals surface area (Å²) in [6.07, 6.45) is 1.79. The monoisotopic (exact) mass is 281 g/mol. The van der Waals surface area contributed by atoms with Crippen molar-refractivity contribution >= 4 is 16.7 Å². The summed E-state index contributed by atoms with van der Waals surface area (Å²) in [6, 6.07) is 14.2. The lowest BCUT2D eigenvalue weighted by atomic mass is 10.1. The fourth-order valence-electron chi connectivity index (χ4n) is 2.09. The fourth-order valence-corrected chi connectivity index (χ4v) is 2.09. The minimum Gasteiger partial charge on any atom is -0.349 e. The molecule has 21 heavy (non-hydrogen) atoms. The summed E-state index contributed by atoms with van der Waals surface area (Å²) in [4.78, 5) is 11.1. The highest BCUT2D eigenvalue weighted by atomic mass is 16.1. The van der Waals surface area contributed by atoms with Crippen molar-refractivity contribution in [1.82, 2.24) is 20.3 Å². The van der Waals surface area contributed by atoms with Crippen molar-refractivity contribution < 1.29 is 4.79 Å². The van der Waals surface area contributed by atoms with Crippen molar-refractivity contribution in [3.8, 4) is 5.69 Å². The van der Waals surface area contributed by atoms with Crippen molar-refractivity contribution in [2.45, 2.75) is 6.54 Å². The number of hydrogen-bond acceptors (Lipinski definition) is 4. The molecule has 0 fully saturated rings. The van der Waals surface area contributed by atoms with Gasteiger partial charge in [0.05, 0.1) is 25.0 Å². The van der Waals surface area contributed by atoms with E-state index < -0.39 is 0 Å². The van der Waals surface area contributed by atoms with Gasteiger partial charge in [0.15, 0.2) is 0 Å². The SMILES string of the molecule is NCC(=O)NCc1cn(-c2ccc3ccccc3c2)nn1. The van der Waals surface area contributed by atoms with E-state index in [1.165, 1.54) is 5.39 Å². The Bertz CT molecular complexity index is 780. The van der Waals surface area contributed by atoms with E-state index in [0.29, 0.717) is 12.2 Å². The molecule has 3 aromatic rings. The summed E-state index contributed by atoms with van der Waals surface area (Å²) in [5, 5.41) is 13.1. The van der Waals surface area contributed by atoms with E-state index in [1.54, 1.807) is 10.9 Å². The van der Waals surface area contributed by atoms with Gasteiger partial charge in [-0.25, -0.2) is 4.68 Å². The molecule has 0 saturated carbocycles. The molecule has 1 aromatic heterocycles. The van der Waals surface area contributed by atoms with Gasteiger partial charge in [-0.3, -0.25) is 4.79 Å². The van der Waals surface area contributed by atoms with E-state index in [-0.39, 0.29) is 12.5 Å². The standard InChI is InChI=1S/C15H15N5O/c16-8-15(21)17-9-13-10-20(19-18-13)14-6-5-11-3-1-2-4-12(11)7-14/h1-7,10H,8-9,16H2,(H,17,21). The zero-order valence-electron chi connectivity index (χ0n) is 11.4. The second-order valence-electron chi connectivity index (χ2n) is 4.67. The lowest BCUT2D eigenvalue weighted by molar-refractivity contribution is -0.119. The molecular weight excluding hydrogens is 266 g/mol. The average molecular weight is 281 g/mol. The predicted molar refractivity (Wildman–Crippen MR) is 79.8 cm³/mol. The van der Waals surface area contributed by atoms with Crippen molar-refractivity contribution in [2.75, 3.05) is 6.54 Å². The largest absolute Gasteiger partial charge is 0.349 e. The van der Waals surface area contributed by atoms with Crippen LogP contribution in [0.3, 0.4) is 0 Å². The van der Waals surface area contributed by atoms with Crippen LogP contribution in [0.2, 0.25) is 0 Å². The molecule has 0 unspecified atom stereocenters. The number of nitrogens with zero attached hydrogens (tertiary/aromatic N) is 3. The van der Waals surface area contributed by atoms with Crippen LogP contribution in [0.5, 0.6) is 0 Å². The van der Waals surface area contributed by atoms with Gasteiger partial charge in [-0.2, -0.15) is 0 Å². The van der Waals surface area contributed by atoms with Gasteiger partial charge < -0.3 is 11.1 Å². The molecule has 3 rings (SSSR count). The second-order valence-corrected chi connectivity index (χ2v) is 4.67. The summed E-state index contributed by atoms with van der Waals surface area (Å²) in [5.41, 5.74) is 6.85. The van der Waals surface area contributed by atoms with Crippen LogP contribution in [-0.4, -0.2) is 27.4 Å². The second kappa shape index (κ2) is 5.72. The molecule has 3 N–H and O–H groups in total. The Balaban J connectivity index is 1.82. The predicted octanol–water partition coefficient (Wildman–Crippen LogP) is 0.995. The third-order valence-electron chi connectivity index (χ3n) is 3.19. The van der Waals surface area contributed by atoms with Gasteiger partial charge in [0.25, 0.3) is 0 Å². The number of benzene rings is 2. The molecule has 0 spiro atoms. The topological polar surface area (TPSA) is 85.8 Å². The van der Waals surface area contributed by atoms with Gasteiger partial charge in [-0.15, -0.1) is 5.10 Å². The summed E-state index contributed by atoms with van der Waals surface area (Å²) >= 11 is 0. The normalized spacial score (nSPS) is 10.7. The van der Waals surface area contributed by atoms with Gasteiger partial charge in [0, 0.05) is 0 Å². The highest BCUT2D eigenvalue weighted by Crippen LogP contribution is 2.17. The Kier molecular flexibility index (Phi) is 3.61. The third-order valence-corrected chi connectivity index (χ3v) is 3.19. The van der Waals surface area contributed by atoms with Crippen LogP contribution in [0.1, 0.15) is 5.69 Å². The summed E-state index contributed by atoms with van der Waals surface area (Å²) in [7, 11) is 0. The van der Waals surface area contributed by atoms with E-state index in [1.807, 2.05) is 30.3 Å². The minimum atomic E-state index is -0.213. The Morgan fingerprint density at radius 1 is 1.19 bits per heavy atom. The summed E-state index contributed by atoms with van der Waals surface area (Å²) in [6.45, 7) is 0.294. The molecule has 1 heterocycles. The Labute approximate surface area is 121 Å². The molecule has 0 bridgehead atoms. The highest BCUT2D eigenvalue weighted by molar-refractivity contribution is 5.84. The maximum Gasteiger partial charge on any atom is 0.234 e. The van der Waals surface area contributed by atoms with Crippen LogP contribution < -0.4 is 11.1 Å². The van der Waals surface area contributed by atoms with E-state index >= 15 is 0 Å². The van der Waals surface area contributed by atoms with E-state index in [0.717, 1.165) is 11.1 Å². The molecule has 1 amide bonds.